The van der Waals surface area contributed by atoms with Crippen LogP contribution < -0.4 is 9.62 Å². The molecule has 6 heteroatoms. The van der Waals surface area contributed by atoms with E-state index in [9.17, 15) is 13.5 Å². The third-order valence-corrected chi connectivity index (χ3v) is 3.83. The molecule has 1 unspecified atom stereocenters. The summed E-state index contributed by atoms with van der Waals surface area (Å²) in [6.45, 7) is 2.03. The summed E-state index contributed by atoms with van der Waals surface area (Å²) in [5.41, 5.74) is 0.572. The fourth-order valence-electron chi connectivity index (χ4n) is 1.60. The summed E-state index contributed by atoms with van der Waals surface area (Å²) in [5, 5.41) is 9.33. The SMILES string of the molecule is CNS(=O)(=O)c1ccccc1N(C)CC(C)O. The normalized spacial score (nSPS) is 13.4. The van der Waals surface area contributed by atoms with Gasteiger partial charge in [-0.1, -0.05) is 12.1 Å². The molecule has 2 N–H and O–H groups in total. The van der Waals surface area contributed by atoms with E-state index in [1.165, 1.54) is 7.05 Å². The summed E-state index contributed by atoms with van der Waals surface area (Å²) in [6, 6.07) is 6.69. The number of aliphatic hydroxyl groups excluding tert-OH is 1. The Balaban J connectivity index is 3.17. The minimum absolute atomic E-state index is 0.214. The van der Waals surface area contributed by atoms with Crippen LogP contribution in [0.25, 0.3) is 0 Å². The average molecular weight is 258 g/mol. The maximum Gasteiger partial charge on any atom is 0.242 e. The second kappa shape index (κ2) is 5.48. The van der Waals surface area contributed by atoms with E-state index >= 15 is 0 Å². The maximum atomic E-state index is 11.8. The van der Waals surface area contributed by atoms with Crippen LogP contribution in [0.15, 0.2) is 29.2 Å². The highest BCUT2D eigenvalue weighted by Gasteiger charge is 2.18. The van der Waals surface area contributed by atoms with Crippen molar-refractivity contribution < 1.29 is 13.5 Å². The Morgan fingerprint density at radius 3 is 2.53 bits per heavy atom. The molecular weight excluding hydrogens is 240 g/mol. The summed E-state index contributed by atoms with van der Waals surface area (Å²) in [5.74, 6) is 0. The summed E-state index contributed by atoms with van der Waals surface area (Å²) < 4.78 is 25.9. The van der Waals surface area contributed by atoms with Crippen LogP contribution in [0.4, 0.5) is 5.69 Å². The standard InChI is InChI=1S/C11H18N2O3S/c1-9(14)8-13(3)10-6-4-5-7-11(10)17(15,16)12-2/h4-7,9,12,14H,8H2,1-3H3. The van der Waals surface area contributed by atoms with E-state index in [1.807, 2.05) is 0 Å². The van der Waals surface area contributed by atoms with Gasteiger partial charge < -0.3 is 10.0 Å². The zero-order chi connectivity index (χ0) is 13.1. The van der Waals surface area contributed by atoms with E-state index in [4.69, 9.17) is 0 Å². The Labute approximate surface area is 102 Å². The number of para-hydroxylation sites is 1. The summed E-state index contributed by atoms with van der Waals surface area (Å²) in [7, 11) is -0.360. The highest BCUT2D eigenvalue weighted by Crippen LogP contribution is 2.23. The Morgan fingerprint density at radius 2 is 2.00 bits per heavy atom. The van der Waals surface area contributed by atoms with E-state index in [-0.39, 0.29) is 4.90 Å². The third-order valence-electron chi connectivity index (χ3n) is 2.37. The first-order valence-corrected chi connectivity index (χ1v) is 6.78. The van der Waals surface area contributed by atoms with Crippen molar-refractivity contribution in [1.82, 2.24) is 4.72 Å². The van der Waals surface area contributed by atoms with Gasteiger partial charge >= 0.3 is 0 Å². The molecule has 5 nitrogen and oxygen atoms in total. The van der Waals surface area contributed by atoms with Crippen LogP contribution in [-0.4, -0.2) is 40.3 Å². The van der Waals surface area contributed by atoms with Gasteiger partial charge in [0.2, 0.25) is 10.0 Å². The Morgan fingerprint density at radius 1 is 1.41 bits per heavy atom. The molecule has 0 spiro atoms. The van der Waals surface area contributed by atoms with Crippen LogP contribution in [0.3, 0.4) is 0 Å². The monoisotopic (exact) mass is 258 g/mol. The first-order valence-electron chi connectivity index (χ1n) is 5.30. The lowest BCUT2D eigenvalue weighted by Crippen LogP contribution is -2.29. The lowest BCUT2D eigenvalue weighted by molar-refractivity contribution is 0.201. The van der Waals surface area contributed by atoms with E-state index in [0.717, 1.165) is 0 Å². The fraction of sp³-hybridized carbons (Fsp3) is 0.455. The smallest absolute Gasteiger partial charge is 0.242 e. The molecule has 0 heterocycles. The minimum atomic E-state index is -3.48. The van der Waals surface area contributed by atoms with Crippen molar-refractivity contribution in [2.75, 3.05) is 25.5 Å². The van der Waals surface area contributed by atoms with Crippen LogP contribution in [0.1, 0.15) is 6.92 Å². The zero-order valence-electron chi connectivity index (χ0n) is 10.2. The molecule has 0 bridgehead atoms. The molecular formula is C11H18N2O3S. The summed E-state index contributed by atoms with van der Waals surface area (Å²) in [4.78, 5) is 1.93. The minimum Gasteiger partial charge on any atom is -0.392 e. The Hall–Kier alpha value is -1.11. The van der Waals surface area contributed by atoms with Crippen molar-refractivity contribution in [3.63, 3.8) is 0 Å². The van der Waals surface area contributed by atoms with Gasteiger partial charge in [0.25, 0.3) is 0 Å². The molecule has 0 amide bonds. The van der Waals surface area contributed by atoms with Crippen LogP contribution in [0.5, 0.6) is 0 Å². The van der Waals surface area contributed by atoms with Crippen molar-refractivity contribution in [2.24, 2.45) is 0 Å². The van der Waals surface area contributed by atoms with E-state index in [2.05, 4.69) is 4.72 Å². The van der Waals surface area contributed by atoms with Crippen LogP contribution >= 0.6 is 0 Å². The van der Waals surface area contributed by atoms with Crippen LogP contribution in [-0.2, 0) is 10.0 Å². The fourth-order valence-corrected chi connectivity index (χ4v) is 2.58. The average Bonchev–Trinajstić information content (AvgIpc) is 2.28. The Bertz CT molecular complexity index is 471. The van der Waals surface area contributed by atoms with Gasteiger partial charge in [-0.2, -0.15) is 0 Å². The molecule has 1 aromatic rings. The van der Waals surface area contributed by atoms with Gasteiger partial charge in [-0.25, -0.2) is 13.1 Å². The number of likely N-dealkylation sites (N-methyl/N-ethyl adjacent to an activating group) is 1. The van der Waals surface area contributed by atoms with Crippen LogP contribution in [0, 0.1) is 0 Å². The lowest BCUT2D eigenvalue weighted by atomic mass is 10.2. The molecule has 0 fully saturated rings. The lowest BCUT2D eigenvalue weighted by Gasteiger charge is -2.23. The summed E-state index contributed by atoms with van der Waals surface area (Å²) in [6.07, 6.45) is -0.523. The third kappa shape index (κ3) is 3.42. The topological polar surface area (TPSA) is 69.6 Å². The van der Waals surface area contributed by atoms with Crippen LogP contribution in [0.2, 0.25) is 0 Å². The zero-order valence-corrected chi connectivity index (χ0v) is 11.0. The molecule has 0 aliphatic carbocycles. The number of rotatable bonds is 5. The van der Waals surface area contributed by atoms with Gasteiger partial charge in [0.05, 0.1) is 11.8 Å². The largest absolute Gasteiger partial charge is 0.392 e. The number of aliphatic hydroxyl groups is 1. The molecule has 1 atom stereocenters. The predicted molar refractivity (Wildman–Crippen MR) is 67.6 cm³/mol. The molecule has 0 aliphatic rings. The molecule has 1 rings (SSSR count). The van der Waals surface area contributed by atoms with Gasteiger partial charge in [0.1, 0.15) is 4.90 Å². The number of nitrogens with one attached hydrogen (secondary N) is 1. The van der Waals surface area contributed by atoms with Gasteiger partial charge in [-0.15, -0.1) is 0 Å². The molecule has 96 valence electrons. The van der Waals surface area contributed by atoms with E-state index in [1.54, 1.807) is 43.1 Å². The number of hydrogen-bond acceptors (Lipinski definition) is 4. The van der Waals surface area contributed by atoms with Gasteiger partial charge in [-0.3, -0.25) is 0 Å². The number of nitrogens with zero attached hydrogens (tertiary/aromatic N) is 1. The highest BCUT2D eigenvalue weighted by atomic mass is 32.2. The highest BCUT2D eigenvalue weighted by molar-refractivity contribution is 7.89. The molecule has 0 radical (unpaired) electrons. The first-order chi connectivity index (χ1) is 7.88. The van der Waals surface area contributed by atoms with Gasteiger partial charge in [0, 0.05) is 13.6 Å². The van der Waals surface area contributed by atoms with Gasteiger partial charge in [0.15, 0.2) is 0 Å². The molecule has 0 saturated carbocycles. The maximum absolute atomic E-state index is 11.8. The quantitative estimate of drug-likeness (QED) is 0.802. The second-order valence-corrected chi connectivity index (χ2v) is 5.76. The molecule has 0 aliphatic heterocycles. The van der Waals surface area contributed by atoms with Crippen molar-refractivity contribution >= 4 is 15.7 Å². The first kappa shape index (κ1) is 14.0. The molecule has 0 saturated heterocycles. The van der Waals surface area contributed by atoms with Crippen molar-refractivity contribution in [2.45, 2.75) is 17.9 Å². The number of hydrogen-bond donors (Lipinski definition) is 2. The van der Waals surface area contributed by atoms with E-state index < -0.39 is 16.1 Å². The number of sulfonamides is 1. The summed E-state index contributed by atoms with van der Waals surface area (Å²) >= 11 is 0. The van der Waals surface area contributed by atoms with Crippen molar-refractivity contribution in [1.29, 1.82) is 0 Å². The van der Waals surface area contributed by atoms with Crippen molar-refractivity contribution in [3.8, 4) is 0 Å². The molecule has 17 heavy (non-hydrogen) atoms. The van der Waals surface area contributed by atoms with Gasteiger partial charge in [-0.05, 0) is 26.1 Å². The Kier molecular flexibility index (Phi) is 4.50. The van der Waals surface area contributed by atoms with Crippen molar-refractivity contribution in [3.05, 3.63) is 24.3 Å². The number of anilines is 1. The van der Waals surface area contributed by atoms with E-state index in [0.29, 0.717) is 12.2 Å². The molecule has 0 aromatic heterocycles. The predicted octanol–water partition coefficient (Wildman–Crippen LogP) is 0.412. The molecule has 1 aromatic carbocycles. The second-order valence-electron chi connectivity index (χ2n) is 3.90. The number of benzene rings is 1.